The fourth-order valence-corrected chi connectivity index (χ4v) is 2.23. The van der Waals surface area contributed by atoms with Gasteiger partial charge < -0.3 is 4.74 Å². The zero-order valence-corrected chi connectivity index (χ0v) is 15.2. The molecule has 2 aromatic carbocycles. The zero-order valence-electron chi connectivity index (χ0n) is 14.5. The van der Waals surface area contributed by atoms with Crippen molar-refractivity contribution in [3.63, 3.8) is 0 Å². The van der Waals surface area contributed by atoms with Gasteiger partial charge in [0.15, 0.2) is 0 Å². The van der Waals surface area contributed by atoms with Crippen LogP contribution >= 0.6 is 11.6 Å². The standard InChI is InChI=1S/C18H11ClFN5O4/c19-18-21-10-15(20)17(23-18)29-14-7-1-11(2-8-14)9-22-24-16(26)12-3-5-13(6-4-12)25(27)28/h1-10H,(H,24,26)/b22-9-. The Hall–Kier alpha value is -3.92. The molecule has 1 aromatic heterocycles. The van der Waals surface area contributed by atoms with E-state index in [9.17, 15) is 19.3 Å². The maximum Gasteiger partial charge on any atom is 0.271 e. The Morgan fingerprint density at radius 2 is 1.90 bits per heavy atom. The van der Waals surface area contributed by atoms with Crippen LogP contribution < -0.4 is 10.2 Å². The number of rotatable bonds is 6. The minimum atomic E-state index is -0.756. The van der Waals surface area contributed by atoms with Crippen LogP contribution in [0.3, 0.4) is 0 Å². The minimum Gasteiger partial charge on any atom is -0.436 e. The smallest absolute Gasteiger partial charge is 0.271 e. The molecule has 3 rings (SSSR count). The molecule has 0 saturated carbocycles. The van der Waals surface area contributed by atoms with Crippen LogP contribution in [0, 0.1) is 15.9 Å². The van der Waals surface area contributed by atoms with E-state index in [1.807, 2.05) is 0 Å². The highest BCUT2D eigenvalue weighted by atomic mass is 35.5. The largest absolute Gasteiger partial charge is 0.436 e. The Morgan fingerprint density at radius 1 is 1.21 bits per heavy atom. The third kappa shape index (κ3) is 5.30. The van der Waals surface area contributed by atoms with Crippen LogP contribution in [0.5, 0.6) is 11.6 Å². The second kappa shape index (κ2) is 8.85. The molecular formula is C18H11ClFN5O4. The van der Waals surface area contributed by atoms with Crippen LogP contribution in [-0.4, -0.2) is 27.0 Å². The molecule has 1 heterocycles. The van der Waals surface area contributed by atoms with E-state index in [1.165, 1.54) is 30.5 Å². The quantitative estimate of drug-likeness (QED) is 0.283. The van der Waals surface area contributed by atoms with Crippen molar-refractivity contribution in [3.05, 3.63) is 87.1 Å². The highest BCUT2D eigenvalue weighted by Gasteiger charge is 2.09. The summed E-state index contributed by atoms with van der Waals surface area (Å²) in [6, 6.07) is 11.5. The minimum absolute atomic E-state index is 0.114. The van der Waals surface area contributed by atoms with Gasteiger partial charge in [0.2, 0.25) is 11.1 Å². The molecule has 0 atom stereocenters. The lowest BCUT2D eigenvalue weighted by atomic mass is 10.2. The number of hydrogen-bond acceptors (Lipinski definition) is 7. The predicted molar refractivity (Wildman–Crippen MR) is 102 cm³/mol. The van der Waals surface area contributed by atoms with Crippen LogP contribution in [0.15, 0.2) is 59.8 Å². The monoisotopic (exact) mass is 415 g/mol. The molecule has 29 heavy (non-hydrogen) atoms. The lowest BCUT2D eigenvalue weighted by Crippen LogP contribution is -2.17. The fraction of sp³-hybridized carbons (Fsp3) is 0. The molecule has 0 spiro atoms. The summed E-state index contributed by atoms with van der Waals surface area (Å²) in [5.41, 5.74) is 3.05. The lowest BCUT2D eigenvalue weighted by Gasteiger charge is -2.05. The second-order valence-corrected chi connectivity index (χ2v) is 5.80. The molecule has 9 nitrogen and oxygen atoms in total. The number of hydrazone groups is 1. The first-order valence-corrected chi connectivity index (χ1v) is 8.34. The summed E-state index contributed by atoms with van der Waals surface area (Å²) in [4.78, 5) is 29.2. The number of nitrogens with zero attached hydrogens (tertiary/aromatic N) is 4. The van der Waals surface area contributed by atoms with E-state index in [0.717, 1.165) is 6.20 Å². The highest BCUT2D eigenvalue weighted by Crippen LogP contribution is 2.23. The first kappa shape index (κ1) is 19.8. The summed E-state index contributed by atoms with van der Waals surface area (Å²) < 4.78 is 18.9. The number of hydrogen-bond donors (Lipinski definition) is 1. The molecule has 0 aliphatic rings. The van der Waals surface area contributed by atoms with Gasteiger partial charge in [0, 0.05) is 17.7 Å². The van der Waals surface area contributed by atoms with Crippen LogP contribution in [-0.2, 0) is 0 Å². The SMILES string of the molecule is O=C(N/N=C\c1ccc(Oc2nc(Cl)ncc2F)cc1)c1ccc([N+](=O)[O-])cc1. The van der Waals surface area contributed by atoms with Crippen molar-refractivity contribution < 1.29 is 18.8 Å². The van der Waals surface area contributed by atoms with Crippen molar-refractivity contribution in [2.45, 2.75) is 0 Å². The topological polar surface area (TPSA) is 120 Å². The number of carbonyl (C=O) groups excluding carboxylic acids is 1. The van der Waals surface area contributed by atoms with E-state index in [2.05, 4.69) is 20.5 Å². The molecule has 0 aliphatic carbocycles. The number of carbonyl (C=O) groups is 1. The predicted octanol–water partition coefficient (Wildman–Crippen LogP) is 3.73. The van der Waals surface area contributed by atoms with Crippen LogP contribution in [0.1, 0.15) is 15.9 Å². The Morgan fingerprint density at radius 3 is 2.55 bits per heavy atom. The molecule has 1 N–H and O–H groups in total. The average molecular weight is 416 g/mol. The molecule has 11 heteroatoms. The summed E-state index contributed by atoms with van der Waals surface area (Å²) in [5, 5.41) is 14.3. The van der Waals surface area contributed by atoms with Gasteiger partial charge in [-0.05, 0) is 53.6 Å². The van der Waals surface area contributed by atoms with Crippen molar-refractivity contribution in [1.29, 1.82) is 0 Å². The van der Waals surface area contributed by atoms with Gasteiger partial charge in [0.25, 0.3) is 17.5 Å². The van der Waals surface area contributed by atoms with Crippen LogP contribution in [0.4, 0.5) is 10.1 Å². The van der Waals surface area contributed by atoms with Gasteiger partial charge in [-0.3, -0.25) is 14.9 Å². The van der Waals surface area contributed by atoms with E-state index >= 15 is 0 Å². The number of amides is 1. The second-order valence-electron chi connectivity index (χ2n) is 5.47. The number of nitro benzene ring substituents is 1. The number of ether oxygens (including phenoxy) is 1. The zero-order chi connectivity index (χ0) is 20.8. The number of benzene rings is 2. The maximum absolute atomic E-state index is 13.6. The van der Waals surface area contributed by atoms with E-state index in [-0.39, 0.29) is 22.4 Å². The number of halogens is 2. The number of nitro groups is 1. The average Bonchev–Trinajstić information content (AvgIpc) is 2.72. The van der Waals surface area contributed by atoms with Gasteiger partial charge in [0.1, 0.15) is 5.75 Å². The molecule has 0 fully saturated rings. The Kier molecular flexibility index (Phi) is 6.05. The van der Waals surface area contributed by atoms with Crippen molar-refractivity contribution in [2.75, 3.05) is 0 Å². The van der Waals surface area contributed by atoms with Crippen molar-refractivity contribution in [1.82, 2.24) is 15.4 Å². The van der Waals surface area contributed by atoms with Gasteiger partial charge in [0.05, 0.1) is 17.3 Å². The van der Waals surface area contributed by atoms with Gasteiger partial charge in [-0.2, -0.15) is 14.5 Å². The first-order valence-electron chi connectivity index (χ1n) is 7.96. The Labute approximate surface area is 168 Å². The van der Waals surface area contributed by atoms with Crippen molar-refractivity contribution in [2.24, 2.45) is 5.10 Å². The molecular weight excluding hydrogens is 405 g/mol. The Balaban J connectivity index is 1.59. The third-order valence-electron chi connectivity index (χ3n) is 3.50. The normalized spacial score (nSPS) is 10.7. The molecule has 1 amide bonds. The summed E-state index contributed by atoms with van der Waals surface area (Å²) in [7, 11) is 0. The molecule has 0 unspecified atom stereocenters. The fourth-order valence-electron chi connectivity index (χ4n) is 2.10. The summed E-state index contributed by atoms with van der Waals surface area (Å²) in [5.74, 6) is -1.27. The van der Waals surface area contributed by atoms with Gasteiger partial charge >= 0.3 is 0 Å². The van der Waals surface area contributed by atoms with E-state index < -0.39 is 16.6 Å². The van der Waals surface area contributed by atoms with E-state index in [1.54, 1.807) is 24.3 Å². The molecule has 0 saturated heterocycles. The van der Waals surface area contributed by atoms with Gasteiger partial charge in [-0.15, -0.1) is 0 Å². The highest BCUT2D eigenvalue weighted by molar-refractivity contribution is 6.28. The summed E-state index contributed by atoms with van der Waals surface area (Å²) >= 11 is 5.61. The van der Waals surface area contributed by atoms with E-state index in [0.29, 0.717) is 11.3 Å². The van der Waals surface area contributed by atoms with E-state index in [4.69, 9.17) is 16.3 Å². The molecule has 3 aromatic rings. The first-order chi connectivity index (χ1) is 13.9. The molecule has 0 aliphatic heterocycles. The summed E-state index contributed by atoms with van der Waals surface area (Å²) in [6.45, 7) is 0. The lowest BCUT2D eigenvalue weighted by molar-refractivity contribution is -0.384. The van der Waals surface area contributed by atoms with Crippen molar-refractivity contribution >= 4 is 29.4 Å². The third-order valence-corrected chi connectivity index (χ3v) is 3.68. The van der Waals surface area contributed by atoms with Gasteiger partial charge in [-0.1, -0.05) is 0 Å². The van der Waals surface area contributed by atoms with Crippen LogP contribution in [0.2, 0.25) is 5.28 Å². The van der Waals surface area contributed by atoms with Crippen LogP contribution in [0.25, 0.3) is 0 Å². The van der Waals surface area contributed by atoms with Crippen molar-refractivity contribution in [3.8, 4) is 11.6 Å². The maximum atomic E-state index is 13.6. The molecule has 0 bridgehead atoms. The number of nitrogens with one attached hydrogen (secondary N) is 1. The number of non-ortho nitro benzene ring substituents is 1. The molecule has 146 valence electrons. The Bertz CT molecular complexity index is 1070. The number of aromatic nitrogens is 2. The molecule has 0 radical (unpaired) electrons. The van der Waals surface area contributed by atoms with Gasteiger partial charge in [-0.25, -0.2) is 10.4 Å². The summed E-state index contributed by atoms with van der Waals surface area (Å²) in [6.07, 6.45) is 2.29.